The van der Waals surface area contributed by atoms with Gasteiger partial charge >= 0.3 is 0 Å². The first-order valence-electron chi connectivity index (χ1n) is 5.25. The first-order valence-corrected chi connectivity index (χ1v) is 5.25. The Balaban J connectivity index is 3.99. The quantitative estimate of drug-likeness (QED) is 0.611. The van der Waals surface area contributed by atoms with Gasteiger partial charge in [0.2, 0.25) is 0 Å². The molecule has 0 aliphatic carbocycles. The fourth-order valence-corrected chi connectivity index (χ4v) is 1.53. The Labute approximate surface area is 81.7 Å². The number of hydrogen-bond acceptors (Lipinski definition) is 2. The van der Waals surface area contributed by atoms with E-state index in [1.54, 1.807) is 6.92 Å². The molecule has 0 radical (unpaired) electrons. The Morgan fingerprint density at radius 1 is 1.31 bits per heavy atom. The highest BCUT2D eigenvalue weighted by Gasteiger charge is 2.21. The van der Waals surface area contributed by atoms with Gasteiger partial charge in [-0.3, -0.25) is 4.79 Å². The summed E-state index contributed by atoms with van der Waals surface area (Å²) < 4.78 is 5.52. The molecule has 0 N–H and O–H groups in total. The molecule has 0 bridgehead atoms. The fourth-order valence-electron chi connectivity index (χ4n) is 1.53. The summed E-state index contributed by atoms with van der Waals surface area (Å²) in [6.45, 7) is 8.59. The monoisotopic (exact) mass is 186 g/mol. The van der Waals surface area contributed by atoms with Crippen LogP contribution in [0.3, 0.4) is 0 Å². The molecule has 2 heteroatoms. The second-order valence-electron chi connectivity index (χ2n) is 3.67. The van der Waals surface area contributed by atoms with Crippen molar-refractivity contribution < 1.29 is 9.53 Å². The van der Waals surface area contributed by atoms with Gasteiger partial charge < -0.3 is 4.74 Å². The number of ether oxygens (including phenoxy) is 1. The number of hydrogen-bond donors (Lipinski definition) is 0. The van der Waals surface area contributed by atoms with Crippen molar-refractivity contribution in [3.8, 4) is 0 Å². The van der Waals surface area contributed by atoms with Crippen LogP contribution in [0.5, 0.6) is 0 Å². The Morgan fingerprint density at radius 3 is 2.31 bits per heavy atom. The van der Waals surface area contributed by atoms with Gasteiger partial charge in [0.1, 0.15) is 6.10 Å². The molecule has 0 rings (SSSR count). The number of carbonyl (C=O) groups is 1. The van der Waals surface area contributed by atoms with E-state index in [2.05, 4.69) is 20.8 Å². The molecule has 0 amide bonds. The summed E-state index contributed by atoms with van der Waals surface area (Å²) in [5.41, 5.74) is 0. The summed E-state index contributed by atoms with van der Waals surface area (Å²) in [4.78, 5) is 11.2. The van der Waals surface area contributed by atoms with Crippen molar-refractivity contribution in [3.05, 3.63) is 0 Å². The van der Waals surface area contributed by atoms with Gasteiger partial charge in [-0.25, -0.2) is 0 Å². The lowest BCUT2D eigenvalue weighted by atomic mass is 9.97. The molecule has 78 valence electrons. The second-order valence-corrected chi connectivity index (χ2v) is 3.67. The van der Waals surface area contributed by atoms with Crippen molar-refractivity contribution in [1.82, 2.24) is 0 Å². The maximum atomic E-state index is 11.2. The van der Waals surface area contributed by atoms with Crippen LogP contribution >= 0.6 is 0 Å². The van der Waals surface area contributed by atoms with Crippen LogP contribution in [0.2, 0.25) is 0 Å². The SMILES string of the molecule is CCCOC(C(C)=O)C(C)CCC. The van der Waals surface area contributed by atoms with Crippen LogP contribution in [0.1, 0.15) is 47.0 Å². The molecule has 2 atom stereocenters. The first kappa shape index (κ1) is 12.6. The molecule has 0 aromatic heterocycles. The summed E-state index contributed by atoms with van der Waals surface area (Å²) in [6, 6.07) is 0. The minimum absolute atomic E-state index is 0.161. The molecule has 0 aromatic carbocycles. The fraction of sp³-hybridized carbons (Fsp3) is 0.909. The van der Waals surface area contributed by atoms with Crippen LogP contribution in [0, 0.1) is 5.92 Å². The predicted molar refractivity (Wildman–Crippen MR) is 54.8 cm³/mol. The molecule has 2 nitrogen and oxygen atoms in total. The van der Waals surface area contributed by atoms with Crippen molar-refractivity contribution in [2.45, 2.75) is 53.1 Å². The van der Waals surface area contributed by atoms with E-state index < -0.39 is 0 Å². The van der Waals surface area contributed by atoms with E-state index in [0.717, 1.165) is 19.3 Å². The number of ketones is 1. The highest BCUT2D eigenvalue weighted by Crippen LogP contribution is 2.15. The molecule has 0 aromatic rings. The van der Waals surface area contributed by atoms with Crippen molar-refractivity contribution in [2.75, 3.05) is 6.61 Å². The third kappa shape index (κ3) is 5.04. The minimum atomic E-state index is -0.181. The van der Waals surface area contributed by atoms with E-state index >= 15 is 0 Å². The highest BCUT2D eigenvalue weighted by atomic mass is 16.5. The van der Waals surface area contributed by atoms with Crippen LogP contribution in [-0.4, -0.2) is 18.5 Å². The molecule has 0 fully saturated rings. The molecule has 2 unspecified atom stereocenters. The third-order valence-corrected chi connectivity index (χ3v) is 2.16. The largest absolute Gasteiger partial charge is 0.370 e. The molecular weight excluding hydrogens is 164 g/mol. The van der Waals surface area contributed by atoms with Gasteiger partial charge in [0.05, 0.1) is 0 Å². The lowest BCUT2D eigenvalue weighted by Crippen LogP contribution is -2.29. The summed E-state index contributed by atoms with van der Waals surface area (Å²) >= 11 is 0. The van der Waals surface area contributed by atoms with Gasteiger partial charge in [0.25, 0.3) is 0 Å². The van der Waals surface area contributed by atoms with Gasteiger partial charge in [0.15, 0.2) is 5.78 Å². The van der Waals surface area contributed by atoms with Crippen LogP contribution in [0.15, 0.2) is 0 Å². The predicted octanol–water partition coefficient (Wildman–Crippen LogP) is 2.81. The third-order valence-electron chi connectivity index (χ3n) is 2.16. The summed E-state index contributed by atoms with van der Waals surface area (Å²) in [5, 5.41) is 0. The van der Waals surface area contributed by atoms with Crippen LogP contribution < -0.4 is 0 Å². The molecule has 0 aliphatic heterocycles. The van der Waals surface area contributed by atoms with E-state index in [1.807, 2.05) is 0 Å². The van der Waals surface area contributed by atoms with E-state index in [0.29, 0.717) is 12.5 Å². The first-order chi connectivity index (χ1) is 6.13. The number of Topliss-reactive ketones (excluding diaryl/α,β-unsaturated/α-hetero) is 1. The Hall–Kier alpha value is -0.370. The summed E-state index contributed by atoms with van der Waals surface area (Å²) in [6.07, 6.45) is 2.97. The molecule has 0 saturated carbocycles. The topological polar surface area (TPSA) is 26.3 Å². The lowest BCUT2D eigenvalue weighted by molar-refractivity contribution is -0.131. The number of carbonyl (C=O) groups excluding carboxylic acids is 1. The van der Waals surface area contributed by atoms with Crippen LogP contribution in [0.4, 0.5) is 0 Å². The second kappa shape index (κ2) is 7.07. The van der Waals surface area contributed by atoms with E-state index in [-0.39, 0.29) is 11.9 Å². The maximum Gasteiger partial charge on any atom is 0.158 e. The zero-order valence-corrected chi connectivity index (χ0v) is 9.30. The molecule has 13 heavy (non-hydrogen) atoms. The van der Waals surface area contributed by atoms with Crippen molar-refractivity contribution in [2.24, 2.45) is 5.92 Å². The average molecular weight is 186 g/mol. The van der Waals surface area contributed by atoms with Gasteiger partial charge in [-0.15, -0.1) is 0 Å². The summed E-state index contributed by atoms with van der Waals surface area (Å²) in [5.74, 6) is 0.517. The van der Waals surface area contributed by atoms with E-state index in [1.165, 1.54) is 0 Å². The minimum Gasteiger partial charge on any atom is -0.370 e. The van der Waals surface area contributed by atoms with Gasteiger partial charge in [-0.05, 0) is 25.7 Å². The zero-order chi connectivity index (χ0) is 10.3. The van der Waals surface area contributed by atoms with E-state index in [9.17, 15) is 4.79 Å². The normalized spacial score (nSPS) is 15.4. The smallest absolute Gasteiger partial charge is 0.158 e. The van der Waals surface area contributed by atoms with Crippen molar-refractivity contribution in [3.63, 3.8) is 0 Å². The molecular formula is C11H22O2. The molecule has 0 spiro atoms. The highest BCUT2D eigenvalue weighted by molar-refractivity contribution is 5.80. The van der Waals surface area contributed by atoms with Crippen LogP contribution in [0.25, 0.3) is 0 Å². The van der Waals surface area contributed by atoms with Gasteiger partial charge in [-0.2, -0.15) is 0 Å². The Morgan fingerprint density at radius 2 is 1.92 bits per heavy atom. The van der Waals surface area contributed by atoms with E-state index in [4.69, 9.17) is 4.74 Å². The zero-order valence-electron chi connectivity index (χ0n) is 9.30. The maximum absolute atomic E-state index is 11.2. The van der Waals surface area contributed by atoms with Gasteiger partial charge in [-0.1, -0.05) is 27.2 Å². The summed E-state index contributed by atoms with van der Waals surface area (Å²) in [7, 11) is 0. The van der Waals surface area contributed by atoms with Gasteiger partial charge in [0, 0.05) is 6.61 Å². The molecule has 0 aliphatic rings. The van der Waals surface area contributed by atoms with Crippen LogP contribution in [-0.2, 0) is 9.53 Å². The average Bonchev–Trinajstić information content (AvgIpc) is 2.05. The standard InChI is InChI=1S/C11H22O2/c1-5-7-9(3)11(10(4)12)13-8-6-2/h9,11H,5-8H2,1-4H3. The van der Waals surface area contributed by atoms with Crippen molar-refractivity contribution in [1.29, 1.82) is 0 Å². The molecule has 0 saturated heterocycles. The number of rotatable bonds is 7. The molecule has 0 heterocycles. The van der Waals surface area contributed by atoms with Crippen molar-refractivity contribution >= 4 is 5.78 Å². The Kier molecular flexibility index (Phi) is 6.87. The Bertz CT molecular complexity index is 143. The lowest BCUT2D eigenvalue weighted by Gasteiger charge is -2.21.